The second-order valence-corrected chi connectivity index (χ2v) is 5.12. The van der Waals surface area contributed by atoms with Crippen molar-refractivity contribution < 1.29 is 9.47 Å². The lowest BCUT2D eigenvalue weighted by molar-refractivity contribution is 0.0692. The summed E-state index contributed by atoms with van der Waals surface area (Å²) in [7, 11) is 1.70. The van der Waals surface area contributed by atoms with Gasteiger partial charge in [0.1, 0.15) is 0 Å². The first-order valence-corrected chi connectivity index (χ1v) is 7.27. The summed E-state index contributed by atoms with van der Waals surface area (Å²) in [6.07, 6.45) is 4.70. The van der Waals surface area contributed by atoms with Crippen LogP contribution >= 0.6 is 0 Å². The van der Waals surface area contributed by atoms with E-state index in [0.29, 0.717) is 19.3 Å². The summed E-state index contributed by atoms with van der Waals surface area (Å²) in [5.74, 6) is 0. The smallest absolute Gasteiger partial charge is 0.0700 e. The Morgan fingerprint density at radius 1 is 1.16 bits per heavy atom. The molecular weight excluding hydrogens is 238 g/mol. The summed E-state index contributed by atoms with van der Waals surface area (Å²) in [4.78, 5) is 0. The van der Waals surface area contributed by atoms with Crippen molar-refractivity contribution in [3.63, 3.8) is 0 Å². The van der Waals surface area contributed by atoms with Crippen LogP contribution in [0.15, 0.2) is 24.3 Å². The van der Waals surface area contributed by atoms with Gasteiger partial charge in [0.25, 0.3) is 0 Å². The first-order chi connectivity index (χ1) is 9.40. The van der Waals surface area contributed by atoms with E-state index in [9.17, 15) is 0 Å². The third-order valence-corrected chi connectivity index (χ3v) is 3.68. The Balaban J connectivity index is 1.58. The van der Waals surface area contributed by atoms with Gasteiger partial charge in [0.15, 0.2) is 0 Å². The lowest BCUT2D eigenvalue weighted by Gasteiger charge is -2.25. The fourth-order valence-corrected chi connectivity index (χ4v) is 2.60. The number of fused-ring (bicyclic) bond motifs is 1. The number of hydrogen-bond acceptors (Lipinski definition) is 3. The standard InChI is InChI=1S/C16H25NO2/c1-18-11-12-19-10-4-9-17-16-8-7-14-5-2-3-6-15(14)13-16/h2-3,5-6,16-17H,4,7-13H2,1H3. The first-order valence-electron chi connectivity index (χ1n) is 7.27. The number of aryl methyl sites for hydroxylation is 1. The minimum absolute atomic E-state index is 0.633. The average Bonchev–Trinajstić information content (AvgIpc) is 2.46. The highest BCUT2D eigenvalue weighted by Gasteiger charge is 2.16. The van der Waals surface area contributed by atoms with Gasteiger partial charge >= 0.3 is 0 Å². The first kappa shape index (κ1) is 14.5. The fraction of sp³-hybridized carbons (Fsp3) is 0.625. The van der Waals surface area contributed by atoms with E-state index in [4.69, 9.17) is 9.47 Å². The number of methoxy groups -OCH3 is 1. The van der Waals surface area contributed by atoms with Crippen LogP contribution in [0.5, 0.6) is 0 Å². The Morgan fingerprint density at radius 3 is 2.84 bits per heavy atom. The monoisotopic (exact) mass is 263 g/mol. The van der Waals surface area contributed by atoms with Crippen LogP contribution in [0.4, 0.5) is 0 Å². The fourth-order valence-electron chi connectivity index (χ4n) is 2.60. The quantitative estimate of drug-likeness (QED) is 0.729. The van der Waals surface area contributed by atoms with E-state index in [1.807, 2.05) is 0 Å². The summed E-state index contributed by atoms with van der Waals surface area (Å²) < 4.78 is 10.4. The normalized spacial score (nSPS) is 18.3. The van der Waals surface area contributed by atoms with Crippen molar-refractivity contribution in [3.05, 3.63) is 35.4 Å². The minimum Gasteiger partial charge on any atom is -0.382 e. The van der Waals surface area contributed by atoms with Gasteiger partial charge < -0.3 is 14.8 Å². The van der Waals surface area contributed by atoms with Gasteiger partial charge in [-0.1, -0.05) is 24.3 Å². The predicted octanol–water partition coefficient (Wildman–Crippen LogP) is 2.19. The van der Waals surface area contributed by atoms with E-state index in [2.05, 4.69) is 29.6 Å². The summed E-state index contributed by atoms with van der Waals surface area (Å²) in [5, 5.41) is 3.64. The predicted molar refractivity (Wildman–Crippen MR) is 77.6 cm³/mol. The van der Waals surface area contributed by atoms with E-state index in [1.54, 1.807) is 7.11 Å². The molecule has 1 atom stereocenters. The van der Waals surface area contributed by atoms with E-state index in [1.165, 1.54) is 30.4 Å². The Bertz CT molecular complexity index is 368. The molecule has 3 heteroatoms. The molecule has 2 rings (SSSR count). The molecule has 0 aliphatic heterocycles. The number of benzene rings is 1. The molecule has 1 aliphatic carbocycles. The third kappa shape index (κ3) is 4.94. The summed E-state index contributed by atoms with van der Waals surface area (Å²) in [5.41, 5.74) is 3.05. The summed E-state index contributed by atoms with van der Waals surface area (Å²) in [6.45, 7) is 3.25. The molecule has 0 heterocycles. The topological polar surface area (TPSA) is 30.5 Å². The zero-order chi connectivity index (χ0) is 13.3. The molecule has 1 N–H and O–H groups in total. The van der Waals surface area contributed by atoms with Crippen molar-refractivity contribution >= 4 is 0 Å². The van der Waals surface area contributed by atoms with E-state index in [-0.39, 0.29) is 0 Å². The molecule has 1 aromatic carbocycles. The van der Waals surface area contributed by atoms with E-state index >= 15 is 0 Å². The lowest BCUT2D eigenvalue weighted by Crippen LogP contribution is -2.35. The Labute approximate surface area is 116 Å². The molecule has 0 spiro atoms. The maximum absolute atomic E-state index is 5.45. The molecule has 3 nitrogen and oxygen atoms in total. The van der Waals surface area contributed by atoms with Crippen LogP contribution in [0.3, 0.4) is 0 Å². The number of ether oxygens (including phenoxy) is 2. The Hall–Kier alpha value is -0.900. The lowest BCUT2D eigenvalue weighted by atomic mass is 9.88. The highest BCUT2D eigenvalue weighted by atomic mass is 16.5. The molecule has 0 radical (unpaired) electrons. The van der Waals surface area contributed by atoms with Crippen molar-refractivity contribution in [2.24, 2.45) is 0 Å². The molecular formula is C16H25NO2. The van der Waals surface area contributed by atoms with E-state index in [0.717, 1.165) is 19.6 Å². The zero-order valence-corrected chi connectivity index (χ0v) is 11.9. The summed E-state index contributed by atoms with van der Waals surface area (Å²) >= 11 is 0. The van der Waals surface area contributed by atoms with Gasteiger partial charge in [0.2, 0.25) is 0 Å². The average molecular weight is 263 g/mol. The van der Waals surface area contributed by atoms with Gasteiger partial charge in [0, 0.05) is 19.8 Å². The molecule has 0 fully saturated rings. The molecule has 1 aliphatic rings. The summed E-state index contributed by atoms with van der Waals surface area (Å²) in [6, 6.07) is 9.44. The number of hydrogen-bond donors (Lipinski definition) is 1. The third-order valence-electron chi connectivity index (χ3n) is 3.68. The van der Waals surface area contributed by atoms with Gasteiger partial charge in [0.05, 0.1) is 13.2 Å². The number of rotatable bonds is 8. The zero-order valence-electron chi connectivity index (χ0n) is 11.9. The highest BCUT2D eigenvalue weighted by Crippen LogP contribution is 2.20. The van der Waals surface area contributed by atoms with Crippen LogP contribution < -0.4 is 5.32 Å². The van der Waals surface area contributed by atoms with Gasteiger partial charge in [-0.15, -0.1) is 0 Å². The van der Waals surface area contributed by atoms with Crippen LogP contribution in [0.1, 0.15) is 24.0 Å². The highest BCUT2D eigenvalue weighted by molar-refractivity contribution is 5.30. The molecule has 0 aromatic heterocycles. The molecule has 106 valence electrons. The molecule has 0 amide bonds. The molecule has 0 saturated carbocycles. The molecule has 0 saturated heterocycles. The van der Waals surface area contributed by atoms with Gasteiger partial charge in [-0.05, 0) is 43.4 Å². The van der Waals surface area contributed by atoms with Crippen LogP contribution in [0, 0.1) is 0 Å². The second-order valence-electron chi connectivity index (χ2n) is 5.12. The largest absolute Gasteiger partial charge is 0.382 e. The Morgan fingerprint density at radius 2 is 2.00 bits per heavy atom. The second kappa shape index (κ2) is 8.31. The van der Waals surface area contributed by atoms with Crippen LogP contribution in [-0.2, 0) is 22.3 Å². The number of nitrogens with one attached hydrogen (secondary N) is 1. The van der Waals surface area contributed by atoms with Crippen molar-refractivity contribution in [3.8, 4) is 0 Å². The molecule has 19 heavy (non-hydrogen) atoms. The molecule has 0 bridgehead atoms. The minimum atomic E-state index is 0.633. The van der Waals surface area contributed by atoms with E-state index < -0.39 is 0 Å². The van der Waals surface area contributed by atoms with Crippen LogP contribution in [0.25, 0.3) is 0 Å². The van der Waals surface area contributed by atoms with Gasteiger partial charge in [-0.2, -0.15) is 0 Å². The van der Waals surface area contributed by atoms with Crippen molar-refractivity contribution in [2.75, 3.05) is 33.5 Å². The van der Waals surface area contributed by atoms with Crippen molar-refractivity contribution in [1.82, 2.24) is 5.32 Å². The Kier molecular flexibility index (Phi) is 6.34. The molecule has 1 aromatic rings. The maximum atomic E-state index is 5.45. The van der Waals surface area contributed by atoms with Crippen LogP contribution in [-0.4, -0.2) is 39.5 Å². The maximum Gasteiger partial charge on any atom is 0.0700 e. The molecule has 1 unspecified atom stereocenters. The van der Waals surface area contributed by atoms with Gasteiger partial charge in [-0.3, -0.25) is 0 Å². The van der Waals surface area contributed by atoms with Crippen molar-refractivity contribution in [2.45, 2.75) is 31.7 Å². The van der Waals surface area contributed by atoms with Gasteiger partial charge in [-0.25, -0.2) is 0 Å². The van der Waals surface area contributed by atoms with Crippen molar-refractivity contribution in [1.29, 1.82) is 0 Å². The van der Waals surface area contributed by atoms with Crippen LogP contribution in [0.2, 0.25) is 0 Å². The SMILES string of the molecule is COCCOCCCNC1CCc2ccccc2C1.